The van der Waals surface area contributed by atoms with E-state index in [1.807, 2.05) is 6.92 Å². The Kier molecular flexibility index (Phi) is 9.24. The van der Waals surface area contributed by atoms with Gasteiger partial charge < -0.3 is 15.4 Å². The van der Waals surface area contributed by atoms with Crippen molar-refractivity contribution in [2.24, 2.45) is 0 Å². The second-order valence-corrected chi connectivity index (χ2v) is 4.09. The molecule has 0 bridgehead atoms. The summed E-state index contributed by atoms with van der Waals surface area (Å²) in [6, 6.07) is 0.0916. The first-order valence-corrected chi connectivity index (χ1v) is 6.18. The van der Waals surface area contributed by atoms with E-state index >= 15 is 0 Å². The number of amides is 1. The van der Waals surface area contributed by atoms with Crippen LogP contribution >= 0.6 is 0 Å². The minimum Gasteiger partial charge on any atom is -0.383 e. The zero-order valence-electron chi connectivity index (χ0n) is 11.0. The van der Waals surface area contributed by atoms with Gasteiger partial charge in [0.15, 0.2) is 0 Å². The standard InChI is InChI=1S/C12H26N2O2/c1-5-7-8-13-12(15)10(3)14-11(6-2)9-16-4/h10-11,14H,5-9H2,1-4H3,(H,13,15). The van der Waals surface area contributed by atoms with E-state index in [0.717, 1.165) is 25.8 Å². The van der Waals surface area contributed by atoms with Crippen LogP contribution in [-0.2, 0) is 9.53 Å². The summed E-state index contributed by atoms with van der Waals surface area (Å²) in [5.74, 6) is 0.0722. The van der Waals surface area contributed by atoms with Gasteiger partial charge in [0.2, 0.25) is 5.91 Å². The Labute approximate surface area is 99.1 Å². The van der Waals surface area contributed by atoms with Crippen molar-refractivity contribution in [1.29, 1.82) is 0 Å². The Morgan fingerprint density at radius 1 is 1.38 bits per heavy atom. The molecule has 0 aromatic carbocycles. The van der Waals surface area contributed by atoms with Gasteiger partial charge in [-0.1, -0.05) is 20.3 Å². The summed E-state index contributed by atoms with van der Waals surface area (Å²) < 4.78 is 5.08. The zero-order chi connectivity index (χ0) is 12.4. The topological polar surface area (TPSA) is 50.4 Å². The molecule has 0 radical (unpaired) electrons. The van der Waals surface area contributed by atoms with Gasteiger partial charge >= 0.3 is 0 Å². The summed E-state index contributed by atoms with van der Waals surface area (Å²) in [5.41, 5.74) is 0. The van der Waals surface area contributed by atoms with Crippen molar-refractivity contribution in [3.8, 4) is 0 Å². The number of carbonyl (C=O) groups excluding carboxylic acids is 1. The summed E-state index contributed by atoms with van der Waals surface area (Å²) >= 11 is 0. The van der Waals surface area contributed by atoms with Gasteiger partial charge in [-0.05, 0) is 19.8 Å². The maximum Gasteiger partial charge on any atom is 0.236 e. The molecule has 16 heavy (non-hydrogen) atoms. The van der Waals surface area contributed by atoms with Crippen molar-refractivity contribution < 1.29 is 9.53 Å². The molecule has 0 spiro atoms. The van der Waals surface area contributed by atoms with Gasteiger partial charge in [0, 0.05) is 19.7 Å². The first-order valence-electron chi connectivity index (χ1n) is 6.18. The summed E-state index contributed by atoms with van der Waals surface area (Å²) in [6.45, 7) is 7.49. The molecule has 0 aromatic rings. The average molecular weight is 230 g/mol. The van der Waals surface area contributed by atoms with Gasteiger partial charge in [-0.25, -0.2) is 0 Å². The lowest BCUT2D eigenvalue weighted by atomic mass is 10.2. The van der Waals surface area contributed by atoms with Crippen molar-refractivity contribution in [2.75, 3.05) is 20.3 Å². The Morgan fingerprint density at radius 3 is 2.56 bits per heavy atom. The number of carbonyl (C=O) groups is 1. The summed E-state index contributed by atoms with van der Waals surface area (Å²) in [7, 11) is 1.68. The van der Waals surface area contributed by atoms with Crippen LogP contribution in [0.5, 0.6) is 0 Å². The molecule has 1 amide bonds. The third-order valence-corrected chi connectivity index (χ3v) is 2.57. The molecule has 4 heteroatoms. The minimum atomic E-state index is -0.156. The van der Waals surface area contributed by atoms with E-state index in [1.165, 1.54) is 0 Å². The number of nitrogens with one attached hydrogen (secondary N) is 2. The van der Waals surface area contributed by atoms with E-state index in [2.05, 4.69) is 24.5 Å². The fourth-order valence-corrected chi connectivity index (χ4v) is 1.46. The van der Waals surface area contributed by atoms with Crippen LogP contribution in [0.2, 0.25) is 0 Å². The van der Waals surface area contributed by atoms with Crippen LogP contribution < -0.4 is 10.6 Å². The van der Waals surface area contributed by atoms with E-state index in [9.17, 15) is 4.79 Å². The molecule has 0 aliphatic rings. The van der Waals surface area contributed by atoms with E-state index in [-0.39, 0.29) is 18.0 Å². The summed E-state index contributed by atoms with van der Waals surface area (Å²) in [6.07, 6.45) is 3.09. The Bertz CT molecular complexity index is 186. The van der Waals surface area contributed by atoms with Crippen LogP contribution in [0.15, 0.2) is 0 Å². The molecule has 96 valence electrons. The maximum atomic E-state index is 11.7. The molecule has 0 heterocycles. The van der Waals surface area contributed by atoms with E-state index in [1.54, 1.807) is 7.11 Å². The van der Waals surface area contributed by atoms with E-state index in [4.69, 9.17) is 4.74 Å². The van der Waals surface area contributed by atoms with Crippen molar-refractivity contribution >= 4 is 5.91 Å². The molecule has 0 saturated heterocycles. The molecule has 0 saturated carbocycles. The fraction of sp³-hybridized carbons (Fsp3) is 0.917. The SMILES string of the molecule is CCCCNC(=O)C(C)NC(CC)COC. The van der Waals surface area contributed by atoms with Crippen LogP contribution in [0, 0.1) is 0 Å². The Hall–Kier alpha value is -0.610. The van der Waals surface area contributed by atoms with Gasteiger partial charge in [-0.3, -0.25) is 4.79 Å². The van der Waals surface area contributed by atoms with Crippen molar-refractivity contribution in [3.63, 3.8) is 0 Å². The highest BCUT2D eigenvalue weighted by Gasteiger charge is 2.15. The van der Waals surface area contributed by atoms with Crippen LogP contribution in [0.25, 0.3) is 0 Å². The van der Waals surface area contributed by atoms with E-state index in [0.29, 0.717) is 6.61 Å². The van der Waals surface area contributed by atoms with Gasteiger partial charge in [-0.2, -0.15) is 0 Å². The first-order chi connectivity index (χ1) is 7.65. The summed E-state index contributed by atoms with van der Waals surface area (Å²) in [4.78, 5) is 11.7. The number of rotatable bonds is 9. The lowest BCUT2D eigenvalue weighted by Gasteiger charge is -2.21. The highest BCUT2D eigenvalue weighted by Crippen LogP contribution is 1.95. The van der Waals surface area contributed by atoms with Gasteiger partial charge in [0.1, 0.15) is 0 Å². The normalized spacial score (nSPS) is 14.5. The van der Waals surface area contributed by atoms with Gasteiger partial charge in [0.05, 0.1) is 12.6 Å². The third kappa shape index (κ3) is 6.80. The predicted octanol–water partition coefficient (Wildman–Crippen LogP) is 1.31. The molecule has 0 aliphatic heterocycles. The molecule has 0 fully saturated rings. The largest absolute Gasteiger partial charge is 0.383 e. The zero-order valence-corrected chi connectivity index (χ0v) is 11.0. The predicted molar refractivity (Wildman–Crippen MR) is 66.5 cm³/mol. The number of hydrogen-bond donors (Lipinski definition) is 2. The smallest absolute Gasteiger partial charge is 0.236 e. The highest BCUT2D eigenvalue weighted by atomic mass is 16.5. The third-order valence-electron chi connectivity index (χ3n) is 2.57. The second-order valence-electron chi connectivity index (χ2n) is 4.09. The Balaban J connectivity index is 3.83. The van der Waals surface area contributed by atoms with Crippen LogP contribution in [-0.4, -0.2) is 38.3 Å². The van der Waals surface area contributed by atoms with Crippen LogP contribution in [0.1, 0.15) is 40.0 Å². The van der Waals surface area contributed by atoms with Gasteiger partial charge in [0.25, 0.3) is 0 Å². The quantitative estimate of drug-likeness (QED) is 0.587. The molecular weight excluding hydrogens is 204 g/mol. The molecule has 0 rings (SSSR count). The first kappa shape index (κ1) is 15.4. The molecular formula is C12H26N2O2. The van der Waals surface area contributed by atoms with Gasteiger partial charge in [-0.15, -0.1) is 0 Å². The Morgan fingerprint density at radius 2 is 2.06 bits per heavy atom. The molecule has 4 nitrogen and oxygen atoms in total. The molecule has 2 unspecified atom stereocenters. The maximum absolute atomic E-state index is 11.7. The number of hydrogen-bond acceptors (Lipinski definition) is 3. The monoisotopic (exact) mass is 230 g/mol. The number of methoxy groups -OCH3 is 1. The number of unbranched alkanes of at least 4 members (excludes halogenated alkanes) is 1. The molecule has 2 atom stereocenters. The van der Waals surface area contributed by atoms with Crippen molar-refractivity contribution in [3.05, 3.63) is 0 Å². The van der Waals surface area contributed by atoms with Crippen LogP contribution in [0.3, 0.4) is 0 Å². The lowest BCUT2D eigenvalue weighted by molar-refractivity contribution is -0.123. The fourth-order valence-electron chi connectivity index (χ4n) is 1.46. The average Bonchev–Trinajstić information content (AvgIpc) is 2.28. The molecule has 0 aromatic heterocycles. The second kappa shape index (κ2) is 9.60. The number of ether oxygens (including phenoxy) is 1. The highest BCUT2D eigenvalue weighted by molar-refractivity contribution is 5.81. The van der Waals surface area contributed by atoms with Crippen molar-refractivity contribution in [2.45, 2.75) is 52.1 Å². The van der Waals surface area contributed by atoms with Crippen molar-refractivity contribution in [1.82, 2.24) is 10.6 Å². The lowest BCUT2D eigenvalue weighted by Crippen LogP contribution is -2.48. The van der Waals surface area contributed by atoms with Crippen LogP contribution in [0.4, 0.5) is 0 Å². The minimum absolute atomic E-state index is 0.0722. The summed E-state index contributed by atoms with van der Waals surface area (Å²) in [5, 5.41) is 6.17. The molecule has 0 aliphatic carbocycles. The molecule has 2 N–H and O–H groups in total. The van der Waals surface area contributed by atoms with E-state index < -0.39 is 0 Å².